The van der Waals surface area contributed by atoms with Gasteiger partial charge in [-0.1, -0.05) is 12.1 Å². The largest absolute Gasteiger partial charge is 0.494 e. The molecule has 4 nitrogen and oxygen atoms in total. The Kier molecular flexibility index (Phi) is 7.54. The molecule has 0 saturated carbocycles. The second-order valence-electron chi connectivity index (χ2n) is 5.19. The number of amides is 1. The maximum Gasteiger partial charge on any atom is 0.227 e. The molecule has 0 aromatic heterocycles. The summed E-state index contributed by atoms with van der Waals surface area (Å²) in [7, 11) is 1.94. The number of nitrogens with one attached hydrogen (secondary N) is 1. The molecular formula is C16H25ClN2O2. The van der Waals surface area contributed by atoms with E-state index in [1.807, 2.05) is 43.1 Å². The summed E-state index contributed by atoms with van der Waals surface area (Å²) < 4.78 is 5.41. The Bertz CT molecular complexity index is 436. The van der Waals surface area contributed by atoms with E-state index in [1.165, 1.54) is 0 Å². The Morgan fingerprint density at radius 1 is 1.38 bits per heavy atom. The summed E-state index contributed by atoms with van der Waals surface area (Å²) >= 11 is 0. The molecule has 21 heavy (non-hydrogen) atoms. The number of rotatable bonds is 6. The third-order valence-corrected chi connectivity index (χ3v) is 3.73. The SMILES string of the molecule is CCOc1ccc(CC(=O)N2CCCC2CNC)cc1.Cl. The lowest BCUT2D eigenvalue weighted by molar-refractivity contribution is -0.131. The fraction of sp³-hybridized carbons (Fsp3) is 0.562. The van der Waals surface area contributed by atoms with Gasteiger partial charge in [-0.2, -0.15) is 0 Å². The van der Waals surface area contributed by atoms with Gasteiger partial charge < -0.3 is 15.0 Å². The average molecular weight is 313 g/mol. The van der Waals surface area contributed by atoms with Crippen molar-refractivity contribution in [3.63, 3.8) is 0 Å². The second kappa shape index (κ2) is 8.90. The van der Waals surface area contributed by atoms with Crippen LogP contribution in [0.2, 0.25) is 0 Å². The molecule has 1 aliphatic rings. The van der Waals surface area contributed by atoms with Crippen molar-refractivity contribution in [3.05, 3.63) is 29.8 Å². The lowest BCUT2D eigenvalue weighted by Crippen LogP contribution is -2.41. The molecular weight excluding hydrogens is 288 g/mol. The van der Waals surface area contributed by atoms with E-state index in [4.69, 9.17) is 4.74 Å². The number of carbonyl (C=O) groups is 1. The molecule has 118 valence electrons. The number of likely N-dealkylation sites (N-methyl/N-ethyl adjacent to an activating group) is 1. The predicted molar refractivity (Wildman–Crippen MR) is 87.2 cm³/mol. The van der Waals surface area contributed by atoms with E-state index in [-0.39, 0.29) is 18.3 Å². The first-order valence-corrected chi connectivity index (χ1v) is 7.40. The van der Waals surface area contributed by atoms with Gasteiger partial charge in [0.05, 0.1) is 13.0 Å². The van der Waals surface area contributed by atoms with E-state index in [0.717, 1.165) is 37.2 Å². The van der Waals surface area contributed by atoms with Gasteiger partial charge in [0.2, 0.25) is 5.91 Å². The highest BCUT2D eigenvalue weighted by molar-refractivity contribution is 5.85. The summed E-state index contributed by atoms with van der Waals surface area (Å²) in [6, 6.07) is 8.18. The second-order valence-corrected chi connectivity index (χ2v) is 5.19. The van der Waals surface area contributed by atoms with E-state index in [1.54, 1.807) is 0 Å². The van der Waals surface area contributed by atoms with Gasteiger partial charge in [-0.25, -0.2) is 0 Å². The molecule has 1 aromatic carbocycles. The first-order valence-electron chi connectivity index (χ1n) is 7.40. The van der Waals surface area contributed by atoms with Crippen molar-refractivity contribution in [1.82, 2.24) is 10.2 Å². The van der Waals surface area contributed by atoms with Gasteiger partial charge in [0.25, 0.3) is 0 Å². The van der Waals surface area contributed by atoms with E-state index < -0.39 is 0 Å². The summed E-state index contributed by atoms with van der Waals surface area (Å²) in [6.07, 6.45) is 2.70. The number of ether oxygens (including phenoxy) is 1. The van der Waals surface area contributed by atoms with Crippen molar-refractivity contribution in [2.75, 3.05) is 26.7 Å². The molecule has 1 aliphatic heterocycles. The number of benzene rings is 1. The van der Waals surface area contributed by atoms with Crippen molar-refractivity contribution >= 4 is 18.3 Å². The Hall–Kier alpha value is -1.26. The van der Waals surface area contributed by atoms with Crippen molar-refractivity contribution < 1.29 is 9.53 Å². The minimum atomic E-state index is 0. The van der Waals surface area contributed by atoms with E-state index in [2.05, 4.69) is 5.32 Å². The van der Waals surface area contributed by atoms with Crippen molar-refractivity contribution in [1.29, 1.82) is 0 Å². The maximum atomic E-state index is 12.4. The summed E-state index contributed by atoms with van der Waals surface area (Å²) in [5.41, 5.74) is 1.05. The molecule has 1 N–H and O–H groups in total. The van der Waals surface area contributed by atoms with Crippen LogP contribution in [0.1, 0.15) is 25.3 Å². The van der Waals surface area contributed by atoms with Gasteiger partial charge in [0.1, 0.15) is 5.75 Å². The van der Waals surface area contributed by atoms with E-state index in [9.17, 15) is 4.79 Å². The van der Waals surface area contributed by atoms with Gasteiger partial charge in [0, 0.05) is 19.1 Å². The zero-order valence-corrected chi connectivity index (χ0v) is 13.6. The molecule has 0 radical (unpaired) electrons. The number of carbonyl (C=O) groups excluding carboxylic acids is 1. The predicted octanol–water partition coefficient (Wildman–Crippen LogP) is 2.26. The van der Waals surface area contributed by atoms with Crippen LogP contribution in [0.25, 0.3) is 0 Å². The first kappa shape index (κ1) is 17.8. The fourth-order valence-electron chi connectivity index (χ4n) is 2.76. The van der Waals surface area contributed by atoms with Gasteiger partial charge >= 0.3 is 0 Å². The molecule has 1 unspecified atom stereocenters. The Morgan fingerprint density at radius 3 is 2.71 bits per heavy atom. The quantitative estimate of drug-likeness (QED) is 0.876. The standard InChI is InChI=1S/C16H24N2O2.ClH/c1-3-20-15-8-6-13(7-9-15)11-16(19)18-10-4-5-14(18)12-17-2;/h6-9,14,17H,3-5,10-12H2,1-2H3;1H. The fourth-order valence-corrected chi connectivity index (χ4v) is 2.76. The summed E-state index contributed by atoms with van der Waals surface area (Å²) in [6.45, 7) is 4.40. The minimum absolute atomic E-state index is 0. The molecule has 1 saturated heterocycles. The number of hydrogen-bond donors (Lipinski definition) is 1. The number of likely N-dealkylation sites (tertiary alicyclic amines) is 1. The molecule has 2 rings (SSSR count). The maximum absolute atomic E-state index is 12.4. The van der Waals surface area contributed by atoms with Crippen LogP contribution < -0.4 is 10.1 Å². The zero-order chi connectivity index (χ0) is 14.4. The van der Waals surface area contributed by atoms with Crippen LogP contribution in [-0.2, 0) is 11.2 Å². The van der Waals surface area contributed by atoms with Crippen LogP contribution in [0.3, 0.4) is 0 Å². The molecule has 0 bridgehead atoms. The highest BCUT2D eigenvalue weighted by Gasteiger charge is 2.27. The number of nitrogens with zero attached hydrogens (tertiary/aromatic N) is 1. The third kappa shape index (κ3) is 4.90. The monoisotopic (exact) mass is 312 g/mol. The van der Waals surface area contributed by atoms with Gasteiger partial charge in [0.15, 0.2) is 0 Å². The first-order chi connectivity index (χ1) is 9.74. The van der Waals surface area contributed by atoms with Gasteiger partial charge in [-0.3, -0.25) is 4.79 Å². The molecule has 5 heteroatoms. The van der Waals surface area contributed by atoms with Crippen molar-refractivity contribution in [2.45, 2.75) is 32.2 Å². The topological polar surface area (TPSA) is 41.6 Å². The molecule has 1 fully saturated rings. The van der Waals surface area contributed by atoms with Crippen LogP contribution in [0.5, 0.6) is 5.75 Å². The van der Waals surface area contributed by atoms with Crippen molar-refractivity contribution in [3.8, 4) is 5.75 Å². The van der Waals surface area contributed by atoms with Gasteiger partial charge in [-0.15, -0.1) is 12.4 Å². The molecule has 1 atom stereocenters. The highest BCUT2D eigenvalue weighted by Crippen LogP contribution is 2.19. The molecule has 0 spiro atoms. The van der Waals surface area contributed by atoms with Crippen molar-refractivity contribution in [2.24, 2.45) is 0 Å². The summed E-state index contributed by atoms with van der Waals surface area (Å²) in [5, 5.41) is 3.17. The Balaban J connectivity index is 0.00000220. The van der Waals surface area contributed by atoms with Crippen LogP contribution in [0.4, 0.5) is 0 Å². The highest BCUT2D eigenvalue weighted by atomic mass is 35.5. The molecule has 1 heterocycles. The van der Waals surface area contributed by atoms with Gasteiger partial charge in [-0.05, 0) is 44.5 Å². The van der Waals surface area contributed by atoms with Crippen LogP contribution in [0, 0.1) is 0 Å². The molecule has 1 amide bonds. The Labute approximate surface area is 133 Å². The van der Waals surface area contributed by atoms with Crippen LogP contribution in [-0.4, -0.2) is 43.6 Å². The Morgan fingerprint density at radius 2 is 2.10 bits per heavy atom. The number of halogens is 1. The normalized spacial score (nSPS) is 17.4. The average Bonchev–Trinajstić information content (AvgIpc) is 2.90. The van der Waals surface area contributed by atoms with E-state index >= 15 is 0 Å². The lowest BCUT2D eigenvalue weighted by atomic mass is 10.1. The molecule has 1 aromatic rings. The number of hydrogen-bond acceptors (Lipinski definition) is 3. The van der Waals surface area contributed by atoms with Crippen LogP contribution in [0.15, 0.2) is 24.3 Å². The third-order valence-electron chi connectivity index (χ3n) is 3.73. The molecule has 0 aliphatic carbocycles. The van der Waals surface area contributed by atoms with E-state index in [0.29, 0.717) is 19.1 Å². The zero-order valence-electron chi connectivity index (χ0n) is 12.8. The lowest BCUT2D eigenvalue weighted by Gasteiger charge is -2.24. The summed E-state index contributed by atoms with van der Waals surface area (Å²) in [4.78, 5) is 14.4. The smallest absolute Gasteiger partial charge is 0.227 e. The minimum Gasteiger partial charge on any atom is -0.494 e. The van der Waals surface area contributed by atoms with Crippen LogP contribution >= 0.6 is 12.4 Å². The summed E-state index contributed by atoms with van der Waals surface area (Å²) in [5.74, 6) is 1.09.